The zero-order chi connectivity index (χ0) is 56.9. The molecular formula is C53H70N8O15S. The molecule has 1 heterocycles. The first-order chi connectivity index (χ1) is 36.3. The number of nitrogens with two attached hydrogens (primary N) is 1. The average Bonchev–Trinajstić information content (AvgIpc) is 3.77. The molecule has 23 nitrogen and oxygen atoms in total. The first kappa shape index (κ1) is 61.7. The lowest BCUT2D eigenvalue weighted by Crippen LogP contribution is -2.58. The van der Waals surface area contributed by atoms with Gasteiger partial charge in [-0.25, -0.2) is 4.79 Å². The van der Waals surface area contributed by atoms with Gasteiger partial charge < -0.3 is 56.6 Å². The molecule has 0 radical (unpaired) electrons. The number of hydrogen-bond donors (Lipinski definition) is 10. The molecule has 11 N–H and O–H groups in total. The maximum absolute atomic E-state index is 14.4. The van der Waals surface area contributed by atoms with Gasteiger partial charge in [-0.15, -0.1) is 0 Å². The van der Waals surface area contributed by atoms with Crippen molar-refractivity contribution in [2.24, 2.45) is 5.73 Å². The molecule has 0 aliphatic rings. The van der Waals surface area contributed by atoms with Crippen LogP contribution in [-0.2, 0) is 72.8 Å². The lowest BCUT2D eigenvalue weighted by atomic mass is 9.99. The van der Waals surface area contributed by atoms with Crippen LogP contribution in [0.4, 0.5) is 4.79 Å². The van der Waals surface area contributed by atoms with Gasteiger partial charge in [0.1, 0.15) is 41.6 Å². The highest BCUT2D eigenvalue weighted by atomic mass is 32.3. The Kier molecular flexibility index (Phi) is 23.6. The summed E-state index contributed by atoms with van der Waals surface area (Å²) < 4.78 is 41.3. The van der Waals surface area contributed by atoms with Gasteiger partial charge in [-0.3, -0.25) is 42.9 Å². The largest absolute Gasteiger partial charge is 0.481 e. The molecule has 24 heteroatoms. The molecule has 3 aromatic carbocycles. The molecule has 0 saturated carbocycles. The summed E-state index contributed by atoms with van der Waals surface area (Å²) >= 11 is 0. The van der Waals surface area contributed by atoms with Crippen LogP contribution in [0.5, 0.6) is 5.75 Å². The van der Waals surface area contributed by atoms with Gasteiger partial charge in [0, 0.05) is 49.2 Å². The minimum Gasteiger partial charge on any atom is -0.481 e. The zero-order valence-electron chi connectivity index (χ0n) is 43.7. The topological polar surface area (TPSA) is 361 Å². The van der Waals surface area contributed by atoms with Crippen LogP contribution < -0.4 is 41.8 Å². The number of amides is 7. The standard InChI is InChI=1S/C53H70N8O15S/c1-6-8-18-38(57-49(68)41(61-52(71)75-53(3,4)5)28-33-21-23-35(24-22-33)76-77(72,73)74)44(62)25-26-45(63)56-42(29-34-31-55-37-20-14-13-17-36(34)37)50(69)58-39(19-9-7-2)48(67)60-43(30-46(64)65)51(70)59-40(47(54)66)27-32-15-11-10-12-16-32/h10-17,20-24,31,38-43,55H,6-9,18-19,25-30H2,1-5H3,(H2,54,66)(H,56,63)(H,57,68)(H,58,69)(H,59,70)(H,60,67)(H,61,71)(H,64,65)(H,72,73,74)/t38-,39-,40-,41-,42-,43-/m0/s1. The molecule has 0 fully saturated rings. The van der Waals surface area contributed by atoms with Crippen molar-refractivity contribution in [3.8, 4) is 5.75 Å². The molecule has 0 unspecified atom stereocenters. The van der Waals surface area contributed by atoms with E-state index in [9.17, 15) is 56.7 Å². The number of ether oxygens (including phenoxy) is 1. The molecule has 77 heavy (non-hydrogen) atoms. The van der Waals surface area contributed by atoms with E-state index in [0.717, 1.165) is 10.9 Å². The molecule has 0 bridgehead atoms. The molecule has 418 valence electrons. The van der Waals surface area contributed by atoms with Crippen molar-refractivity contribution in [3.63, 3.8) is 0 Å². The number of para-hydroxylation sites is 1. The Bertz CT molecular complexity index is 2800. The zero-order valence-corrected chi connectivity index (χ0v) is 44.5. The quantitative estimate of drug-likeness (QED) is 0.0323. The number of primary amides is 1. The number of hydrogen-bond acceptors (Lipinski definition) is 13. The van der Waals surface area contributed by atoms with E-state index >= 15 is 0 Å². The van der Waals surface area contributed by atoms with Gasteiger partial charge in [-0.2, -0.15) is 8.42 Å². The summed E-state index contributed by atoms with van der Waals surface area (Å²) in [4.78, 5) is 124. The summed E-state index contributed by atoms with van der Waals surface area (Å²) in [6.45, 7) is 8.57. The molecule has 0 saturated heterocycles. The first-order valence-corrected chi connectivity index (χ1v) is 26.6. The summed E-state index contributed by atoms with van der Waals surface area (Å²) in [5.41, 5.74) is 7.05. The van der Waals surface area contributed by atoms with Crippen LogP contribution >= 0.6 is 0 Å². The minimum atomic E-state index is -4.82. The highest BCUT2D eigenvalue weighted by Gasteiger charge is 2.34. The molecule has 0 aliphatic heterocycles. The number of aromatic nitrogens is 1. The summed E-state index contributed by atoms with van der Waals surface area (Å²) in [7, 11) is -4.82. The number of H-pyrrole nitrogens is 1. The van der Waals surface area contributed by atoms with Crippen LogP contribution in [-0.4, -0.2) is 118 Å². The number of carbonyl (C=O) groups is 9. The minimum absolute atomic E-state index is 0.0182. The Morgan fingerprint density at radius 3 is 1.74 bits per heavy atom. The van der Waals surface area contributed by atoms with E-state index in [1.54, 1.807) is 75.5 Å². The second-order valence-electron chi connectivity index (χ2n) is 19.4. The molecular weight excluding hydrogens is 1020 g/mol. The van der Waals surface area contributed by atoms with Gasteiger partial charge in [0.25, 0.3) is 0 Å². The third-order valence-corrected chi connectivity index (χ3v) is 12.3. The van der Waals surface area contributed by atoms with Gasteiger partial charge in [-0.05, 0) is 68.5 Å². The number of Topliss-reactive ketones (excluding diaryl/α,β-unsaturated/α-hetero) is 1. The van der Waals surface area contributed by atoms with Gasteiger partial charge in [0.2, 0.25) is 35.4 Å². The predicted molar refractivity (Wildman–Crippen MR) is 282 cm³/mol. The maximum Gasteiger partial charge on any atom is 0.446 e. The Morgan fingerprint density at radius 1 is 0.623 bits per heavy atom. The number of aromatic amines is 1. The Balaban J connectivity index is 1.53. The average molecular weight is 1090 g/mol. The fourth-order valence-corrected chi connectivity index (χ4v) is 8.40. The highest BCUT2D eigenvalue weighted by molar-refractivity contribution is 7.81. The van der Waals surface area contributed by atoms with Gasteiger partial charge in [0.05, 0.1) is 12.5 Å². The smallest absolute Gasteiger partial charge is 0.446 e. The normalized spacial score (nSPS) is 13.8. The van der Waals surface area contributed by atoms with E-state index in [4.69, 9.17) is 15.0 Å². The molecule has 4 aromatic rings. The van der Waals surface area contributed by atoms with Crippen LogP contribution in [0.25, 0.3) is 10.9 Å². The Labute approximate surface area is 446 Å². The van der Waals surface area contributed by atoms with E-state index in [-0.39, 0.29) is 37.9 Å². The van der Waals surface area contributed by atoms with Crippen LogP contribution in [0.15, 0.2) is 85.1 Å². The van der Waals surface area contributed by atoms with Crippen molar-refractivity contribution in [2.45, 2.75) is 154 Å². The summed E-state index contributed by atoms with van der Waals surface area (Å²) in [6.07, 6.45) is 0.939. The number of rotatable bonds is 31. The fourth-order valence-electron chi connectivity index (χ4n) is 8.05. The summed E-state index contributed by atoms with van der Waals surface area (Å²) in [5.74, 6) is -7.37. The number of carbonyl (C=O) groups excluding carboxylic acids is 8. The maximum atomic E-state index is 14.4. The van der Waals surface area contributed by atoms with Crippen molar-refractivity contribution in [3.05, 3.63) is 102 Å². The summed E-state index contributed by atoms with van der Waals surface area (Å²) in [5, 5.41) is 25.9. The van der Waals surface area contributed by atoms with Gasteiger partial charge in [0.15, 0.2) is 5.78 Å². The van der Waals surface area contributed by atoms with E-state index in [1.807, 2.05) is 19.9 Å². The van der Waals surface area contributed by atoms with Crippen molar-refractivity contribution in [1.29, 1.82) is 0 Å². The number of carboxylic acid groups (broad SMARTS) is 1. The number of unbranched alkanes of at least 4 members (excludes halogenated alkanes) is 2. The third-order valence-electron chi connectivity index (χ3n) is 11.9. The number of aliphatic carboxylic acids is 1. The predicted octanol–water partition coefficient (Wildman–Crippen LogP) is 3.38. The fraction of sp³-hybridized carbons (Fsp3) is 0.453. The number of fused-ring (bicyclic) bond motifs is 1. The number of carboxylic acids is 1. The van der Waals surface area contributed by atoms with Crippen LogP contribution in [0.3, 0.4) is 0 Å². The Morgan fingerprint density at radius 2 is 1.14 bits per heavy atom. The van der Waals surface area contributed by atoms with E-state index in [2.05, 4.69) is 41.1 Å². The molecule has 1 aromatic heterocycles. The van der Waals surface area contributed by atoms with Crippen LogP contribution in [0, 0.1) is 0 Å². The molecule has 0 aliphatic carbocycles. The number of alkyl carbamates (subject to hydrolysis) is 1. The van der Waals surface area contributed by atoms with Crippen LogP contribution in [0.1, 0.15) is 109 Å². The lowest BCUT2D eigenvalue weighted by Gasteiger charge is -2.26. The van der Waals surface area contributed by atoms with Crippen LogP contribution in [0.2, 0.25) is 0 Å². The van der Waals surface area contributed by atoms with Crippen molar-refractivity contribution < 1.29 is 70.1 Å². The molecule has 4 rings (SSSR count). The molecule has 0 spiro atoms. The van der Waals surface area contributed by atoms with Crippen molar-refractivity contribution in [1.82, 2.24) is 36.9 Å². The number of ketones is 1. The van der Waals surface area contributed by atoms with Gasteiger partial charge >= 0.3 is 22.5 Å². The molecule has 7 amide bonds. The highest BCUT2D eigenvalue weighted by Crippen LogP contribution is 2.21. The van der Waals surface area contributed by atoms with Gasteiger partial charge in [-0.1, -0.05) is 100 Å². The first-order valence-electron chi connectivity index (χ1n) is 25.2. The number of benzene rings is 3. The summed E-state index contributed by atoms with van der Waals surface area (Å²) in [6, 6.07) is 12.9. The molecule has 6 atom stereocenters. The third kappa shape index (κ3) is 21.7. The van der Waals surface area contributed by atoms with E-state index in [1.165, 1.54) is 24.3 Å². The Hall–Kier alpha value is -7.86. The second-order valence-corrected chi connectivity index (χ2v) is 20.4. The van der Waals surface area contributed by atoms with E-state index < -0.39 is 125 Å². The monoisotopic (exact) mass is 1090 g/mol. The van der Waals surface area contributed by atoms with Crippen molar-refractivity contribution in [2.75, 3.05) is 0 Å². The SMILES string of the molecule is CCCC[C@H](NC(=O)[C@H](Cc1ccc(OS(=O)(=O)O)cc1)NC(=O)OC(C)(C)C)C(=O)CCC(=O)N[C@@H](Cc1c[nH]c2ccccc12)C(=O)N[C@@H](CCCC)C(=O)N[C@@H](CC(=O)O)C(=O)N[C@@H](Cc1ccccc1)C(N)=O. The van der Waals surface area contributed by atoms with E-state index in [0.29, 0.717) is 42.4 Å². The second kappa shape index (κ2) is 29.4. The number of nitrogens with one attached hydrogen (secondary N) is 7. The van der Waals surface area contributed by atoms with Crippen molar-refractivity contribution >= 4 is 74.6 Å². The lowest BCUT2D eigenvalue weighted by molar-refractivity contribution is -0.141.